The van der Waals surface area contributed by atoms with Crippen LogP contribution in [0.2, 0.25) is 0 Å². The fourth-order valence-corrected chi connectivity index (χ4v) is 10.8. The summed E-state index contributed by atoms with van der Waals surface area (Å²) in [4.78, 5) is 0.123. The van der Waals surface area contributed by atoms with E-state index in [9.17, 15) is 16.8 Å². The van der Waals surface area contributed by atoms with Crippen molar-refractivity contribution in [2.24, 2.45) is 0 Å². The monoisotopic (exact) mass is 588 g/mol. The molecule has 0 aliphatic carbocycles. The fraction of sp³-hybridized carbons (Fsp3) is 0.314. The lowest BCUT2D eigenvalue weighted by Crippen LogP contribution is -2.46. The largest absolute Gasteiger partial charge is 0.222 e. The third-order valence-electron chi connectivity index (χ3n) is 7.82. The van der Waals surface area contributed by atoms with Crippen LogP contribution in [-0.2, 0) is 32.5 Å². The molecule has 41 heavy (non-hydrogen) atoms. The molecular weight excluding hydrogens is 549 g/mol. The van der Waals surface area contributed by atoms with Gasteiger partial charge in [-0.2, -0.15) is 0 Å². The average Bonchev–Trinajstić information content (AvgIpc) is 3.01. The standard InChI is InChI=1S/C35H40O4S2/c36-40(37,33-25-12-5-13-26-33)35(41(38,39)34-27-14-6-15-28-34,30-18-16-24-32-22-10-4-11-23-32)29-17-2-1-7-19-31-20-8-3-9-21-31/h3-6,8-15,20-23,25-28H,1-2,7,16-19,24,29-30H2. The molecule has 216 valence electrons. The second-order valence-electron chi connectivity index (χ2n) is 10.6. The summed E-state index contributed by atoms with van der Waals surface area (Å²) in [5.74, 6) is 0. The Morgan fingerprint density at radius 3 is 1.12 bits per heavy atom. The maximum absolute atomic E-state index is 14.5. The summed E-state index contributed by atoms with van der Waals surface area (Å²) in [6.07, 6.45) is 6.22. The highest BCUT2D eigenvalue weighted by Crippen LogP contribution is 2.43. The Balaban J connectivity index is 1.61. The molecule has 0 spiro atoms. The van der Waals surface area contributed by atoms with Gasteiger partial charge in [0.25, 0.3) is 0 Å². The molecule has 0 amide bonds. The lowest BCUT2D eigenvalue weighted by Gasteiger charge is -2.33. The summed E-state index contributed by atoms with van der Waals surface area (Å²) in [6, 6.07) is 36.5. The van der Waals surface area contributed by atoms with E-state index in [0.717, 1.165) is 37.7 Å². The van der Waals surface area contributed by atoms with E-state index in [1.165, 1.54) is 29.8 Å². The molecule has 0 N–H and O–H groups in total. The molecule has 6 heteroatoms. The molecule has 4 aromatic rings. The molecule has 0 bridgehead atoms. The Labute approximate surface area is 246 Å². The van der Waals surface area contributed by atoms with Gasteiger partial charge in [-0.3, -0.25) is 0 Å². The van der Waals surface area contributed by atoms with Gasteiger partial charge in [0, 0.05) is 0 Å². The molecule has 0 fully saturated rings. The van der Waals surface area contributed by atoms with Crippen molar-refractivity contribution >= 4 is 19.7 Å². The van der Waals surface area contributed by atoms with Gasteiger partial charge in [0.15, 0.2) is 23.8 Å². The number of hydrogen-bond donors (Lipinski definition) is 0. The van der Waals surface area contributed by atoms with Crippen LogP contribution in [0.3, 0.4) is 0 Å². The van der Waals surface area contributed by atoms with Crippen LogP contribution in [-0.4, -0.2) is 20.9 Å². The van der Waals surface area contributed by atoms with E-state index >= 15 is 0 Å². The van der Waals surface area contributed by atoms with E-state index in [-0.39, 0.29) is 22.6 Å². The lowest BCUT2D eigenvalue weighted by atomic mass is 10.0. The zero-order valence-electron chi connectivity index (χ0n) is 23.6. The van der Waals surface area contributed by atoms with E-state index in [2.05, 4.69) is 12.1 Å². The van der Waals surface area contributed by atoms with Crippen LogP contribution in [0.15, 0.2) is 131 Å². The SMILES string of the molecule is O=S(=O)(c1ccccc1)C(CCCCCCc1ccccc1)(CCCCc1ccccc1)S(=O)(=O)c1ccccc1. The van der Waals surface area contributed by atoms with Gasteiger partial charge < -0.3 is 0 Å². The number of sulfone groups is 2. The molecule has 0 atom stereocenters. The van der Waals surface area contributed by atoms with Crippen molar-refractivity contribution in [1.82, 2.24) is 0 Å². The van der Waals surface area contributed by atoms with Crippen molar-refractivity contribution in [2.45, 2.75) is 78.1 Å². The molecule has 0 radical (unpaired) electrons. The van der Waals surface area contributed by atoms with Gasteiger partial charge in [-0.1, -0.05) is 123 Å². The second-order valence-corrected chi connectivity index (χ2v) is 15.4. The molecule has 0 heterocycles. The summed E-state index contributed by atoms with van der Waals surface area (Å²) in [5.41, 5.74) is 2.44. The predicted molar refractivity (Wildman–Crippen MR) is 167 cm³/mol. The molecule has 0 saturated carbocycles. The average molecular weight is 589 g/mol. The lowest BCUT2D eigenvalue weighted by molar-refractivity contribution is 0.474. The number of hydrogen-bond acceptors (Lipinski definition) is 4. The number of rotatable bonds is 16. The van der Waals surface area contributed by atoms with Gasteiger partial charge in [-0.25, -0.2) is 16.8 Å². The first-order valence-electron chi connectivity index (χ1n) is 14.5. The predicted octanol–water partition coefficient (Wildman–Crippen LogP) is 8.24. The van der Waals surface area contributed by atoms with Crippen molar-refractivity contribution in [1.29, 1.82) is 0 Å². The van der Waals surface area contributed by atoms with E-state index < -0.39 is 23.8 Å². The van der Waals surface area contributed by atoms with Crippen LogP contribution in [0.5, 0.6) is 0 Å². The Morgan fingerprint density at radius 2 is 0.707 bits per heavy atom. The minimum atomic E-state index is -4.24. The Kier molecular flexibility index (Phi) is 10.9. The highest BCUT2D eigenvalue weighted by atomic mass is 32.3. The van der Waals surface area contributed by atoms with Gasteiger partial charge >= 0.3 is 0 Å². The maximum atomic E-state index is 14.5. The highest BCUT2D eigenvalue weighted by Gasteiger charge is 2.54. The third kappa shape index (κ3) is 7.55. The second kappa shape index (κ2) is 14.6. The molecule has 4 nitrogen and oxygen atoms in total. The van der Waals surface area contributed by atoms with Gasteiger partial charge in [-0.15, -0.1) is 0 Å². The van der Waals surface area contributed by atoms with Crippen molar-refractivity contribution in [3.05, 3.63) is 132 Å². The summed E-state index contributed by atoms with van der Waals surface area (Å²) in [7, 11) is -8.47. The minimum Gasteiger partial charge on any atom is -0.222 e. The van der Waals surface area contributed by atoms with Gasteiger partial charge in [0.05, 0.1) is 9.79 Å². The van der Waals surface area contributed by atoms with Crippen molar-refractivity contribution in [3.8, 4) is 0 Å². The van der Waals surface area contributed by atoms with Crippen LogP contribution in [0.1, 0.15) is 62.5 Å². The smallest absolute Gasteiger partial charge is 0.198 e. The quantitative estimate of drug-likeness (QED) is 0.124. The molecule has 0 aliphatic heterocycles. The van der Waals surface area contributed by atoms with Gasteiger partial charge in [0.2, 0.25) is 0 Å². The molecule has 4 rings (SSSR count). The third-order valence-corrected chi connectivity index (χ3v) is 13.7. The van der Waals surface area contributed by atoms with Crippen LogP contribution >= 0.6 is 0 Å². The molecule has 4 aromatic carbocycles. The Morgan fingerprint density at radius 1 is 0.390 bits per heavy atom. The summed E-state index contributed by atoms with van der Waals surface area (Å²) in [5, 5.41) is 0. The number of benzene rings is 4. The summed E-state index contributed by atoms with van der Waals surface area (Å²) < 4.78 is 55.9. The molecule has 0 aliphatic rings. The van der Waals surface area contributed by atoms with Crippen molar-refractivity contribution < 1.29 is 16.8 Å². The van der Waals surface area contributed by atoms with Crippen LogP contribution < -0.4 is 0 Å². The number of aryl methyl sites for hydroxylation is 2. The maximum Gasteiger partial charge on any atom is 0.198 e. The van der Waals surface area contributed by atoms with E-state index in [0.29, 0.717) is 19.3 Å². The fourth-order valence-electron chi connectivity index (χ4n) is 5.53. The highest BCUT2D eigenvalue weighted by molar-refractivity contribution is 8.10. The molecular formula is C35H40O4S2. The van der Waals surface area contributed by atoms with Gasteiger partial charge in [-0.05, 0) is 73.9 Å². The summed E-state index contributed by atoms with van der Waals surface area (Å²) in [6.45, 7) is 0. The first kappa shape index (κ1) is 30.7. The Hall–Kier alpha value is -3.22. The minimum absolute atomic E-state index is 0.0539. The van der Waals surface area contributed by atoms with Crippen molar-refractivity contribution in [3.63, 3.8) is 0 Å². The first-order valence-corrected chi connectivity index (χ1v) is 17.5. The summed E-state index contributed by atoms with van der Waals surface area (Å²) >= 11 is 0. The molecule has 0 saturated heterocycles. The normalized spacial score (nSPS) is 12.3. The molecule has 0 unspecified atom stereocenters. The van der Waals surface area contributed by atoms with E-state index in [4.69, 9.17) is 0 Å². The topological polar surface area (TPSA) is 68.3 Å². The van der Waals surface area contributed by atoms with Crippen molar-refractivity contribution in [2.75, 3.05) is 0 Å². The van der Waals surface area contributed by atoms with E-state index in [1.807, 2.05) is 48.5 Å². The molecule has 0 aromatic heterocycles. The number of unbranched alkanes of at least 4 members (excludes halogenated alkanes) is 4. The van der Waals surface area contributed by atoms with Crippen LogP contribution in [0, 0.1) is 0 Å². The first-order chi connectivity index (χ1) is 19.9. The Bertz CT molecular complexity index is 1470. The van der Waals surface area contributed by atoms with Crippen LogP contribution in [0.25, 0.3) is 0 Å². The van der Waals surface area contributed by atoms with Crippen LogP contribution in [0.4, 0.5) is 0 Å². The zero-order chi connectivity index (χ0) is 29.0. The van der Waals surface area contributed by atoms with Gasteiger partial charge in [0.1, 0.15) is 0 Å². The van der Waals surface area contributed by atoms with E-state index in [1.54, 1.807) is 36.4 Å². The zero-order valence-corrected chi connectivity index (χ0v) is 25.2.